The number of ether oxygens (including phenoxy) is 1. The minimum atomic E-state index is 0.452. The van der Waals surface area contributed by atoms with Crippen LogP contribution in [-0.4, -0.2) is 9.97 Å². The Hall–Kier alpha value is -2.18. The van der Waals surface area contributed by atoms with Gasteiger partial charge in [-0.3, -0.25) is 5.43 Å². The maximum absolute atomic E-state index is 5.86. The Morgan fingerprint density at radius 1 is 1.30 bits per heavy atom. The van der Waals surface area contributed by atoms with Gasteiger partial charge in [0.2, 0.25) is 0 Å². The third-order valence-electron chi connectivity index (χ3n) is 2.87. The number of rotatable bonds is 4. The predicted molar refractivity (Wildman–Crippen MR) is 80.7 cm³/mol. The number of nitrogens with two attached hydrogens (primary N) is 1. The quantitative estimate of drug-likeness (QED) is 0.570. The molecule has 0 amide bonds. The monoisotopic (exact) mass is 286 g/mol. The number of anilines is 1. The van der Waals surface area contributed by atoms with Gasteiger partial charge in [0.1, 0.15) is 17.9 Å². The number of nitrogen functional groups attached to an aromatic ring is 1. The van der Waals surface area contributed by atoms with Crippen molar-refractivity contribution < 1.29 is 4.74 Å². The second-order valence-electron chi connectivity index (χ2n) is 4.35. The Morgan fingerprint density at radius 2 is 2.20 bits per heavy atom. The topological polar surface area (TPSA) is 73.1 Å². The lowest BCUT2D eigenvalue weighted by atomic mass is 10.2. The number of nitrogens with zero attached hydrogens (tertiary/aromatic N) is 2. The van der Waals surface area contributed by atoms with Gasteiger partial charge in [0.25, 0.3) is 0 Å². The van der Waals surface area contributed by atoms with Crippen LogP contribution in [0.5, 0.6) is 5.75 Å². The number of aryl methyl sites for hydroxylation is 1. The van der Waals surface area contributed by atoms with Gasteiger partial charge in [0.05, 0.1) is 4.88 Å². The fourth-order valence-electron chi connectivity index (χ4n) is 1.92. The first kappa shape index (κ1) is 12.8. The smallest absolute Gasteiger partial charge is 0.197 e. The molecule has 3 rings (SSSR count). The van der Waals surface area contributed by atoms with E-state index in [0.29, 0.717) is 11.7 Å². The third kappa shape index (κ3) is 2.56. The van der Waals surface area contributed by atoms with Crippen LogP contribution >= 0.6 is 11.3 Å². The van der Waals surface area contributed by atoms with E-state index in [4.69, 9.17) is 10.6 Å². The van der Waals surface area contributed by atoms with Gasteiger partial charge in [0, 0.05) is 17.3 Å². The van der Waals surface area contributed by atoms with Gasteiger partial charge in [-0.1, -0.05) is 29.5 Å². The number of aromatic nitrogens is 2. The second kappa shape index (κ2) is 5.44. The van der Waals surface area contributed by atoms with Gasteiger partial charge >= 0.3 is 0 Å². The molecule has 0 radical (unpaired) electrons. The lowest BCUT2D eigenvalue weighted by Crippen LogP contribution is -2.05. The molecule has 20 heavy (non-hydrogen) atoms. The Morgan fingerprint density at radius 3 is 3.00 bits per heavy atom. The van der Waals surface area contributed by atoms with E-state index in [2.05, 4.69) is 15.4 Å². The maximum atomic E-state index is 5.86. The number of hydrogen-bond donors (Lipinski definition) is 2. The molecule has 5 nitrogen and oxygen atoms in total. The molecule has 3 N–H and O–H groups in total. The van der Waals surface area contributed by atoms with Crippen LogP contribution in [0.3, 0.4) is 0 Å². The van der Waals surface area contributed by atoms with Crippen molar-refractivity contribution in [3.8, 4) is 5.75 Å². The van der Waals surface area contributed by atoms with Crippen molar-refractivity contribution in [2.45, 2.75) is 13.5 Å². The van der Waals surface area contributed by atoms with Crippen molar-refractivity contribution in [1.29, 1.82) is 0 Å². The molecule has 2 heterocycles. The fourth-order valence-corrected chi connectivity index (χ4v) is 2.56. The number of hydrogen-bond acceptors (Lipinski definition) is 6. The summed E-state index contributed by atoms with van der Waals surface area (Å²) in [5.41, 5.74) is 4.38. The molecular weight excluding hydrogens is 272 g/mol. The first-order chi connectivity index (χ1) is 9.76. The zero-order valence-corrected chi connectivity index (χ0v) is 11.8. The standard InChI is InChI=1S/C14H14N4OS/c1-9-5-6-10-3-2-4-12(13(10)17-9)19-8-11-7-16-14(18-15)20-11/h2-7H,8,15H2,1H3,(H,16,18). The molecular formula is C14H14N4OS. The largest absolute Gasteiger partial charge is 0.486 e. The molecule has 0 unspecified atom stereocenters. The number of para-hydroxylation sites is 1. The number of pyridine rings is 1. The van der Waals surface area contributed by atoms with Gasteiger partial charge < -0.3 is 4.74 Å². The van der Waals surface area contributed by atoms with Crippen LogP contribution < -0.4 is 16.0 Å². The van der Waals surface area contributed by atoms with Crippen LogP contribution in [0.15, 0.2) is 36.5 Å². The fraction of sp³-hybridized carbons (Fsp3) is 0.143. The molecule has 6 heteroatoms. The highest BCUT2D eigenvalue weighted by molar-refractivity contribution is 7.15. The summed E-state index contributed by atoms with van der Waals surface area (Å²) in [6.07, 6.45) is 1.75. The van der Waals surface area contributed by atoms with Crippen molar-refractivity contribution in [2.75, 3.05) is 5.43 Å². The average molecular weight is 286 g/mol. The van der Waals surface area contributed by atoms with Crippen LogP contribution in [0.4, 0.5) is 5.13 Å². The molecule has 0 bridgehead atoms. The molecule has 1 aromatic carbocycles. The van der Waals surface area contributed by atoms with Gasteiger partial charge in [-0.2, -0.15) is 0 Å². The van der Waals surface area contributed by atoms with Crippen LogP contribution in [0.2, 0.25) is 0 Å². The lowest BCUT2D eigenvalue weighted by Gasteiger charge is -2.08. The molecule has 0 spiro atoms. The van der Waals surface area contributed by atoms with Crippen molar-refractivity contribution in [1.82, 2.24) is 9.97 Å². The SMILES string of the molecule is Cc1ccc2cccc(OCc3cnc(NN)s3)c2n1. The summed E-state index contributed by atoms with van der Waals surface area (Å²) in [4.78, 5) is 9.65. The average Bonchev–Trinajstić information content (AvgIpc) is 2.93. The first-order valence-corrected chi connectivity index (χ1v) is 6.98. The first-order valence-electron chi connectivity index (χ1n) is 6.17. The highest BCUT2D eigenvalue weighted by atomic mass is 32.1. The van der Waals surface area contributed by atoms with E-state index >= 15 is 0 Å². The molecule has 0 aliphatic heterocycles. The van der Waals surface area contributed by atoms with Crippen LogP contribution in [0.25, 0.3) is 10.9 Å². The molecule has 0 fully saturated rings. The highest BCUT2D eigenvalue weighted by Crippen LogP contribution is 2.26. The van der Waals surface area contributed by atoms with E-state index in [-0.39, 0.29) is 0 Å². The molecule has 0 saturated heterocycles. The third-order valence-corrected chi connectivity index (χ3v) is 3.77. The summed E-state index contributed by atoms with van der Waals surface area (Å²) in [7, 11) is 0. The Kier molecular flexibility index (Phi) is 3.49. The minimum Gasteiger partial charge on any atom is -0.486 e. The van der Waals surface area contributed by atoms with E-state index < -0.39 is 0 Å². The molecule has 102 valence electrons. The van der Waals surface area contributed by atoms with Crippen LogP contribution in [0, 0.1) is 6.92 Å². The summed E-state index contributed by atoms with van der Waals surface area (Å²) in [6, 6.07) is 9.96. The van der Waals surface area contributed by atoms with Crippen LogP contribution in [-0.2, 0) is 6.61 Å². The minimum absolute atomic E-state index is 0.452. The summed E-state index contributed by atoms with van der Waals surface area (Å²) >= 11 is 1.47. The van der Waals surface area contributed by atoms with Crippen LogP contribution in [0.1, 0.15) is 10.6 Å². The molecule has 0 saturated carbocycles. The normalized spacial score (nSPS) is 10.7. The summed E-state index contributed by atoms with van der Waals surface area (Å²) < 4.78 is 5.86. The lowest BCUT2D eigenvalue weighted by molar-refractivity contribution is 0.313. The molecule has 0 aliphatic carbocycles. The van der Waals surface area contributed by atoms with Gasteiger partial charge in [-0.05, 0) is 19.1 Å². The van der Waals surface area contributed by atoms with Crippen molar-refractivity contribution >= 4 is 27.4 Å². The number of benzene rings is 1. The summed E-state index contributed by atoms with van der Waals surface area (Å²) in [5.74, 6) is 6.09. The van der Waals surface area contributed by atoms with Crippen molar-refractivity contribution in [3.05, 3.63) is 47.1 Å². The number of thiazole rings is 1. The molecule has 3 aromatic rings. The Labute approximate surface area is 120 Å². The number of nitrogens with one attached hydrogen (secondary N) is 1. The summed E-state index contributed by atoms with van der Waals surface area (Å²) in [6.45, 7) is 2.42. The Bertz CT molecular complexity index is 741. The predicted octanol–water partition coefficient (Wildman–Crippen LogP) is 2.86. The second-order valence-corrected chi connectivity index (χ2v) is 5.46. The molecule has 0 aliphatic rings. The van der Waals surface area contributed by atoms with Crippen molar-refractivity contribution in [3.63, 3.8) is 0 Å². The zero-order chi connectivity index (χ0) is 13.9. The van der Waals surface area contributed by atoms with Gasteiger partial charge in [-0.15, -0.1) is 0 Å². The zero-order valence-electron chi connectivity index (χ0n) is 11.0. The maximum Gasteiger partial charge on any atom is 0.197 e. The van der Waals surface area contributed by atoms with E-state index in [1.54, 1.807) is 6.20 Å². The summed E-state index contributed by atoms with van der Waals surface area (Å²) in [5, 5.41) is 1.75. The number of fused-ring (bicyclic) bond motifs is 1. The van der Waals surface area contributed by atoms with E-state index in [1.165, 1.54) is 11.3 Å². The highest BCUT2D eigenvalue weighted by Gasteiger charge is 2.06. The van der Waals surface area contributed by atoms with E-state index in [9.17, 15) is 0 Å². The molecule has 2 aromatic heterocycles. The van der Waals surface area contributed by atoms with E-state index in [0.717, 1.165) is 27.2 Å². The number of hydrazine groups is 1. The Balaban J connectivity index is 1.85. The van der Waals surface area contributed by atoms with Gasteiger partial charge in [-0.25, -0.2) is 15.8 Å². The molecule has 0 atom stereocenters. The van der Waals surface area contributed by atoms with Crippen molar-refractivity contribution in [2.24, 2.45) is 5.84 Å². The van der Waals surface area contributed by atoms with E-state index in [1.807, 2.05) is 37.3 Å². The van der Waals surface area contributed by atoms with Gasteiger partial charge in [0.15, 0.2) is 5.13 Å².